The summed E-state index contributed by atoms with van der Waals surface area (Å²) in [7, 11) is -0.692. The van der Waals surface area contributed by atoms with Gasteiger partial charge in [-0.1, -0.05) is 0 Å². The molecule has 1 aromatic rings. The minimum Gasteiger partial charge on any atom is -0.447 e. The number of ether oxygens (including phenoxy) is 2. The molecule has 11 heteroatoms. The second-order valence-electron chi connectivity index (χ2n) is 10.4. The SMILES string of the molecule is CC(C)OC(=O)N1[C@H](C)C[C@H](NS(=O)(=O)N(C)C)[C@@H]1CO[C@H]1CC[C@@]2(c3ncccn3)C[C@H]2C1. The topological polar surface area (TPSA) is 114 Å². The van der Waals surface area contributed by atoms with Crippen molar-refractivity contribution < 1.29 is 22.7 Å². The van der Waals surface area contributed by atoms with Gasteiger partial charge in [-0.15, -0.1) is 0 Å². The Kier molecular flexibility index (Phi) is 7.19. The van der Waals surface area contributed by atoms with Crippen molar-refractivity contribution in [1.82, 2.24) is 23.9 Å². The monoisotopic (exact) mass is 495 g/mol. The lowest BCUT2D eigenvalue weighted by Gasteiger charge is -2.33. The van der Waals surface area contributed by atoms with E-state index in [0.29, 0.717) is 12.3 Å². The number of fused-ring (bicyclic) bond motifs is 1. The lowest BCUT2D eigenvalue weighted by Crippen LogP contribution is -2.52. The molecule has 1 amide bonds. The molecule has 2 heterocycles. The molecular weight excluding hydrogens is 458 g/mol. The molecule has 1 aromatic heterocycles. The number of carbonyl (C=O) groups excluding carboxylic acids is 1. The molecule has 2 saturated carbocycles. The van der Waals surface area contributed by atoms with E-state index in [1.165, 1.54) is 14.1 Å². The van der Waals surface area contributed by atoms with Crippen molar-refractivity contribution in [1.29, 1.82) is 0 Å². The van der Waals surface area contributed by atoms with Crippen LogP contribution in [0, 0.1) is 5.92 Å². The van der Waals surface area contributed by atoms with Crippen LogP contribution in [0.15, 0.2) is 18.5 Å². The average Bonchev–Trinajstić information content (AvgIpc) is 3.43. The van der Waals surface area contributed by atoms with Crippen LogP contribution in [0.25, 0.3) is 0 Å². The van der Waals surface area contributed by atoms with E-state index in [-0.39, 0.29) is 30.3 Å². The maximum absolute atomic E-state index is 12.9. The zero-order chi connectivity index (χ0) is 24.7. The fraction of sp³-hybridized carbons (Fsp3) is 0.783. The quantitative estimate of drug-likeness (QED) is 0.587. The molecule has 0 aromatic carbocycles. The smallest absolute Gasteiger partial charge is 0.410 e. The van der Waals surface area contributed by atoms with Crippen LogP contribution < -0.4 is 4.72 Å². The highest BCUT2D eigenvalue weighted by Gasteiger charge is 2.60. The molecule has 3 fully saturated rings. The summed E-state index contributed by atoms with van der Waals surface area (Å²) in [6.07, 6.45) is 7.33. The number of nitrogens with one attached hydrogen (secondary N) is 1. The lowest BCUT2D eigenvalue weighted by atomic mass is 9.86. The van der Waals surface area contributed by atoms with Crippen LogP contribution >= 0.6 is 0 Å². The summed E-state index contributed by atoms with van der Waals surface area (Å²) < 4.78 is 40.8. The van der Waals surface area contributed by atoms with Crippen LogP contribution in [0.5, 0.6) is 0 Å². The summed E-state index contributed by atoms with van der Waals surface area (Å²) in [6.45, 7) is 5.77. The number of rotatable bonds is 8. The van der Waals surface area contributed by atoms with Crippen LogP contribution in [0.2, 0.25) is 0 Å². The third kappa shape index (κ3) is 5.07. The lowest BCUT2D eigenvalue weighted by molar-refractivity contribution is -0.0148. The van der Waals surface area contributed by atoms with Gasteiger partial charge < -0.3 is 9.47 Å². The first-order valence-electron chi connectivity index (χ1n) is 12.1. The predicted molar refractivity (Wildman–Crippen MR) is 126 cm³/mol. The first kappa shape index (κ1) is 25.3. The fourth-order valence-corrected chi connectivity index (χ4v) is 6.38. The Morgan fingerprint density at radius 1 is 1.29 bits per heavy atom. The van der Waals surface area contributed by atoms with E-state index >= 15 is 0 Å². The molecule has 34 heavy (non-hydrogen) atoms. The van der Waals surface area contributed by atoms with Crippen LogP contribution in [0.3, 0.4) is 0 Å². The molecule has 0 spiro atoms. The van der Waals surface area contributed by atoms with Gasteiger partial charge in [-0.25, -0.2) is 14.8 Å². The molecule has 1 saturated heterocycles. The summed E-state index contributed by atoms with van der Waals surface area (Å²) in [5, 5.41) is 0. The van der Waals surface area contributed by atoms with Crippen molar-refractivity contribution in [3.63, 3.8) is 0 Å². The second kappa shape index (κ2) is 9.67. The highest BCUT2D eigenvalue weighted by Crippen LogP contribution is 2.61. The van der Waals surface area contributed by atoms with Crippen LogP contribution in [0.4, 0.5) is 4.79 Å². The number of hydrogen-bond acceptors (Lipinski definition) is 7. The number of carbonyl (C=O) groups is 1. The van der Waals surface area contributed by atoms with Gasteiger partial charge in [0.05, 0.1) is 24.9 Å². The minimum atomic E-state index is -3.66. The maximum atomic E-state index is 12.9. The van der Waals surface area contributed by atoms with E-state index in [2.05, 4.69) is 14.7 Å². The van der Waals surface area contributed by atoms with Gasteiger partial charge in [0, 0.05) is 44.0 Å². The maximum Gasteiger partial charge on any atom is 0.410 e. The van der Waals surface area contributed by atoms with E-state index in [0.717, 1.165) is 35.8 Å². The Hall–Kier alpha value is -1.82. The van der Waals surface area contributed by atoms with Crippen molar-refractivity contribution >= 4 is 16.3 Å². The van der Waals surface area contributed by atoms with Crippen molar-refractivity contribution in [3.8, 4) is 0 Å². The van der Waals surface area contributed by atoms with Gasteiger partial charge in [0.25, 0.3) is 10.2 Å². The average molecular weight is 496 g/mol. The summed E-state index contributed by atoms with van der Waals surface area (Å²) in [5.41, 5.74) is 0.0833. The molecule has 2 aliphatic carbocycles. The standard InChI is InChI=1S/C23H37N5O5S/c1-15(2)33-22(29)28-16(3)11-19(26-34(30,31)27(4)5)20(28)14-32-18-7-8-23(13-17(23)12-18)21-24-9-6-10-25-21/h6,9-10,15-20,26H,7-8,11-14H2,1-5H3/t16-,17-,18+,19+,20+,23-/m1/s1. The highest BCUT2D eigenvalue weighted by atomic mass is 32.2. The minimum absolute atomic E-state index is 0.0642. The Labute approximate surface area is 202 Å². The first-order chi connectivity index (χ1) is 16.0. The molecule has 0 radical (unpaired) electrons. The summed E-state index contributed by atoms with van der Waals surface area (Å²) in [5.74, 6) is 1.44. The molecule has 6 atom stereocenters. The molecular formula is C23H37N5O5S. The Morgan fingerprint density at radius 2 is 2.00 bits per heavy atom. The number of aromatic nitrogens is 2. The normalized spacial score (nSPS) is 33.3. The van der Waals surface area contributed by atoms with Gasteiger partial charge >= 0.3 is 6.09 Å². The molecule has 4 rings (SSSR count). The number of likely N-dealkylation sites (tertiary alicyclic amines) is 1. The Balaban J connectivity index is 1.43. The fourth-order valence-electron chi connectivity index (χ4n) is 5.53. The Bertz CT molecular complexity index is 975. The van der Waals surface area contributed by atoms with Crippen molar-refractivity contribution in [3.05, 3.63) is 24.3 Å². The van der Waals surface area contributed by atoms with Gasteiger partial charge in [-0.3, -0.25) is 4.90 Å². The molecule has 10 nitrogen and oxygen atoms in total. The van der Waals surface area contributed by atoms with Gasteiger partial charge in [0.1, 0.15) is 5.82 Å². The predicted octanol–water partition coefficient (Wildman–Crippen LogP) is 2.08. The van der Waals surface area contributed by atoms with Gasteiger partial charge in [0.2, 0.25) is 0 Å². The highest BCUT2D eigenvalue weighted by molar-refractivity contribution is 7.87. The van der Waals surface area contributed by atoms with Crippen LogP contribution in [-0.2, 0) is 25.1 Å². The zero-order valence-electron chi connectivity index (χ0n) is 20.7. The van der Waals surface area contributed by atoms with Crippen LogP contribution in [0.1, 0.15) is 58.7 Å². The molecule has 0 unspecified atom stereocenters. The van der Waals surface area contributed by atoms with Crippen molar-refractivity contribution in [2.45, 2.75) is 88.6 Å². The number of nitrogens with zero attached hydrogens (tertiary/aromatic N) is 4. The van der Waals surface area contributed by atoms with E-state index in [4.69, 9.17) is 9.47 Å². The van der Waals surface area contributed by atoms with Crippen molar-refractivity contribution in [2.24, 2.45) is 5.92 Å². The zero-order valence-corrected chi connectivity index (χ0v) is 21.5. The van der Waals surface area contributed by atoms with Gasteiger partial charge in [-0.2, -0.15) is 17.4 Å². The molecule has 1 aliphatic heterocycles. The summed E-state index contributed by atoms with van der Waals surface area (Å²) in [6, 6.07) is 0.765. The largest absolute Gasteiger partial charge is 0.447 e. The van der Waals surface area contributed by atoms with Crippen molar-refractivity contribution in [2.75, 3.05) is 20.7 Å². The third-order valence-corrected chi connectivity index (χ3v) is 8.99. The van der Waals surface area contributed by atoms with E-state index in [1.807, 2.05) is 13.0 Å². The molecule has 190 valence electrons. The van der Waals surface area contributed by atoms with Crippen LogP contribution in [-0.4, -0.2) is 84.7 Å². The second-order valence-corrected chi connectivity index (χ2v) is 12.3. The van der Waals surface area contributed by atoms with Gasteiger partial charge in [0.15, 0.2) is 0 Å². The molecule has 1 N–H and O–H groups in total. The number of amides is 1. The van der Waals surface area contributed by atoms with E-state index in [9.17, 15) is 13.2 Å². The van der Waals surface area contributed by atoms with Gasteiger partial charge in [-0.05, 0) is 64.9 Å². The molecule has 3 aliphatic rings. The summed E-state index contributed by atoms with van der Waals surface area (Å²) in [4.78, 5) is 23.5. The third-order valence-electron chi connectivity index (χ3n) is 7.43. The Morgan fingerprint density at radius 3 is 2.62 bits per heavy atom. The summed E-state index contributed by atoms with van der Waals surface area (Å²) >= 11 is 0. The molecule has 0 bridgehead atoms. The first-order valence-corrected chi connectivity index (χ1v) is 13.6. The van der Waals surface area contributed by atoms with E-state index < -0.39 is 28.4 Å². The van der Waals surface area contributed by atoms with E-state index in [1.54, 1.807) is 31.1 Å². The number of hydrogen-bond donors (Lipinski definition) is 1.